The summed E-state index contributed by atoms with van der Waals surface area (Å²) in [6, 6.07) is 6.08. The Bertz CT molecular complexity index is 720. The standard InChI is InChI=1S/C21H29ClN2O4S/c1-14-7-6-8-15(2)24(14)19(25)13-28-21(27)18(11-12-29-3)23-20(26)16-9-4-5-10-17(16)22/h4-5,9-10,14-15,18H,6-8,11-13H2,1-3H3,(H,23,26)/t14-,15+,18-/m0/s1. The number of halogens is 1. The van der Waals surface area contributed by atoms with E-state index in [-0.39, 0.29) is 24.6 Å². The van der Waals surface area contributed by atoms with Gasteiger partial charge in [-0.25, -0.2) is 4.79 Å². The lowest BCUT2D eigenvalue weighted by molar-refractivity contribution is -0.156. The molecular formula is C21H29ClN2O4S. The van der Waals surface area contributed by atoms with Crippen LogP contribution in [0, 0.1) is 0 Å². The minimum Gasteiger partial charge on any atom is -0.454 e. The maximum absolute atomic E-state index is 12.6. The molecule has 160 valence electrons. The van der Waals surface area contributed by atoms with E-state index in [1.54, 1.807) is 40.9 Å². The van der Waals surface area contributed by atoms with Gasteiger partial charge < -0.3 is 15.0 Å². The summed E-state index contributed by atoms with van der Waals surface area (Å²) < 4.78 is 5.29. The number of hydrogen-bond donors (Lipinski definition) is 1. The molecule has 0 spiro atoms. The molecule has 0 unspecified atom stereocenters. The molecule has 8 heteroatoms. The van der Waals surface area contributed by atoms with Crippen molar-refractivity contribution in [3.63, 3.8) is 0 Å². The first kappa shape index (κ1) is 23.5. The first-order valence-electron chi connectivity index (χ1n) is 9.87. The van der Waals surface area contributed by atoms with Gasteiger partial charge in [0.05, 0.1) is 10.6 Å². The van der Waals surface area contributed by atoms with Gasteiger partial charge in [-0.1, -0.05) is 23.7 Å². The molecule has 6 nitrogen and oxygen atoms in total. The molecule has 2 rings (SSSR count). The highest BCUT2D eigenvalue weighted by molar-refractivity contribution is 7.98. The van der Waals surface area contributed by atoms with Gasteiger partial charge in [-0.2, -0.15) is 11.8 Å². The zero-order valence-corrected chi connectivity index (χ0v) is 18.7. The first-order chi connectivity index (χ1) is 13.8. The number of nitrogens with one attached hydrogen (secondary N) is 1. The van der Waals surface area contributed by atoms with E-state index >= 15 is 0 Å². The molecule has 29 heavy (non-hydrogen) atoms. The highest BCUT2D eigenvalue weighted by Crippen LogP contribution is 2.22. The van der Waals surface area contributed by atoms with Crippen molar-refractivity contribution < 1.29 is 19.1 Å². The van der Waals surface area contributed by atoms with Crippen molar-refractivity contribution >= 4 is 41.1 Å². The molecule has 0 saturated carbocycles. The van der Waals surface area contributed by atoms with Gasteiger partial charge in [-0.15, -0.1) is 0 Å². The highest BCUT2D eigenvalue weighted by atomic mass is 35.5. The van der Waals surface area contributed by atoms with Crippen molar-refractivity contribution in [2.24, 2.45) is 0 Å². The van der Waals surface area contributed by atoms with E-state index in [1.165, 1.54) is 0 Å². The fourth-order valence-corrected chi connectivity index (χ4v) is 4.28. The lowest BCUT2D eigenvalue weighted by Crippen LogP contribution is -2.50. The van der Waals surface area contributed by atoms with E-state index in [0.29, 0.717) is 22.8 Å². The number of likely N-dealkylation sites (tertiary alicyclic amines) is 1. The topological polar surface area (TPSA) is 75.7 Å². The smallest absolute Gasteiger partial charge is 0.329 e. The second-order valence-electron chi connectivity index (χ2n) is 7.33. The fourth-order valence-electron chi connectivity index (χ4n) is 3.59. The van der Waals surface area contributed by atoms with Crippen LogP contribution in [0.5, 0.6) is 0 Å². The summed E-state index contributed by atoms with van der Waals surface area (Å²) in [5.41, 5.74) is 0.295. The number of carbonyl (C=O) groups excluding carboxylic acids is 3. The molecule has 1 N–H and O–H groups in total. The molecule has 0 bridgehead atoms. The van der Waals surface area contributed by atoms with Crippen LogP contribution in [0.25, 0.3) is 0 Å². The maximum Gasteiger partial charge on any atom is 0.329 e. The number of amides is 2. The van der Waals surface area contributed by atoms with Gasteiger partial charge in [-0.05, 0) is 63.7 Å². The Morgan fingerprint density at radius 2 is 1.90 bits per heavy atom. The maximum atomic E-state index is 12.6. The van der Waals surface area contributed by atoms with Crippen molar-refractivity contribution in [3.8, 4) is 0 Å². The third kappa shape index (κ3) is 6.64. The molecule has 3 atom stereocenters. The number of nitrogens with zero attached hydrogens (tertiary/aromatic N) is 1. The fraction of sp³-hybridized carbons (Fsp3) is 0.571. The van der Waals surface area contributed by atoms with Gasteiger partial charge in [0.1, 0.15) is 6.04 Å². The second kappa shape index (κ2) is 11.5. The average Bonchev–Trinajstić information content (AvgIpc) is 2.69. The van der Waals surface area contributed by atoms with Gasteiger partial charge in [0.15, 0.2) is 6.61 Å². The van der Waals surface area contributed by atoms with Crippen LogP contribution < -0.4 is 5.32 Å². The Morgan fingerprint density at radius 1 is 1.24 bits per heavy atom. The molecule has 0 radical (unpaired) electrons. The highest BCUT2D eigenvalue weighted by Gasteiger charge is 2.30. The van der Waals surface area contributed by atoms with Crippen LogP contribution >= 0.6 is 23.4 Å². The SMILES string of the molecule is CSCC[C@H](NC(=O)c1ccccc1Cl)C(=O)OCC(=O)N1[C@H](C)CCC[C@@H]1C. The van der Waals surface area contributed by atoms with E-state index in [4.69, 9.17) is 16.3 Å². The number of benzene rings is 1. The third-order valence-corrected chi connectivity index (χ3v) is 6.11. The molecule has 1 aliphatic heterocycles. The van der Waals surface area contributed by atoms with Crippen LogP contribution in [0.1, 0.15) is 49.9 Å². The van der Waals surface area contributed by atoms with Gasteiger partial charge in [0.2, 0.25) is 0 Å². The molecule has 1 saturated heterocycles. The summed E-state index contributed by atoms with van der Waals surface area (Å²) in [6.07, 6.45) is 5.32. The summed E-state index contributed by atoms with van der Waals surface area (Å²) in [6.45, 7) is 3.71. The number of ether oxygens (including phenoxy) is 1. The van der Waals surface area contributed by atoms with Crippen LogP contribution in [0.15, 0.2) is 24.3 Å². The number of rotatable bonds is 8. The zero-order valence-electron chi connectivity index (χ0n) is 17.2. The number of hydrogen-bond acceptors (Lipinski definition) is 5. The number of carbonyl (C=O) groups is 3. The molecule has 1 aliphatic rings. The van der Waals surface area contributed by atoms with Crippen LogP contribution in [0.3, 0.4) is 0 Å². The first-order valence-corrected chi connectivity index (χ1v) is 11.6. The van der Waals surface area contributed by atoms with Crippen molar-refractivity contribution in [1.82, 2.24) is 10.2 Å². The predicted octanol–water partition coefficient (Wildman–Crippen LogP) is 3.52. The van der Waals surface area contributed by atoms with Crippen LogP contribution in [0.4, 0.5) is 0 Å². The molecule has 1 aromatic carbocycles. The second-order valence-corrected chi connectivity index (χ2v) is 8.72. The molecule has 0 aromatic heterocycles. The molecule has 2 amide bonds. The lowest BCUT2D eigenvalue weighted by Gasteiger charge is -2.38. The Morgan fingerprint density at radius 3 is 2.52 bits per heavy atom. The molecule has 0 aliphatic carbocycles. The monoisotopic (exact) mass is 440 g/mol. The van der Waals surface area contributed by atoms with Gasteiger partial charge >= 0.3 is 5.97 Å². The van der Waals surface area contributed by atoms with Gasteiger partial charge in [-0.3, -0.25) is 9.59 Å². The Kier molecular flexibility index (Phi) is 9.30. The zero-order chi connectivity index (χ0) is 21.4. The van der Waals surface area contributed by atoms with Crippen molar-refractivity contribution in [1.29, 1.82) is 0 Å². The van der Waals surface area contributed by atoms with Gasteiger partial charge in [0, 0.05) is 12.1 Å². The van der Waals surface area contributed by atoms with E-state index in [9.17, 15) is 14.4 Å². The van der Waals surface area contributed by atoms with Crippen molar-refractivity contribution in [2.75, 3.05) is 18.6 Å². The minimum absolute atomic E-state index is 0.136. The Labute approximate surface area is 181 Å². The summed E-state index contributed by atoms with van der Waals surface area (Å²) >= 11 is 7.63. The van der Waals surface area contributed by atoms with Crippen molar-refractivity contribution in [3.05, 3.63) is 34.9 Å². The summed E-state index contributed by atoms with van der Waals surface area (Å²) in [5, 5.41) is 3.00. The summed E-state index contributed by atoms with van der Waals surface area (Å²) in [7, 11) is 0. The minimum atomic E-state index is -0.838. The number of thioether (sulfide) groups is 1. The summed E-state index contributed by atoms with van der Waals surface area (Å²) in [5.74, 6) is -0.580. The molecular weight excluding hydrogens is 412 g/mol. The van der Waals surface area contributed by atoms with Gasteiger partial charge in [0.25, 0.3) is 11.8 Å². The summed E-state index contributed by atoms with van der Waals surface area (Å²) in [4.78, 5) is 39.5. The number of piperidine rings is 1. The van der Waals surface area contributed by atoms with E-state index in [0.717, 1.165) is 19.3 Å². The predicted molar refractivity (Wildman–Crippen MR) is 116 cm³/mol. The van der Waals surface area contributed by atoms with Crippen LogP contribution in [0.2, 0.25) is 5.02 Å². The van der Waals surface area contributed by atoms with E-state index in [1.807, 2.05) is 20.1 Å². The average molecular weight is 441 g/mol. The lowest BCUT2D eigenvalue weighted by atomic mass is 9.97. The van der Waals surface area contributed by atoms with E-state index < -0.39 is 17.9 Å². The molecule has 1 fully saturated rings. The number of esters is 1. The van der Waals surface area contributed by atoms with E-state index in [2.05, 4.69) is 5.32 Å². The quantitative estimate of drug-likeness (QED) is 0.626. The normalized spacial score (nSPS) is 20.1. The van der Waals surface area contributed by atoms with Crippen molar-refractivity contribution in [2.45, 2.75) is 57.7 Å². The largest absolute Gasteiger partial charge is 0.454 e. The van der Waals surface area contributed by atoms with Crippen LogP contribution in [-0.4, -0.2) is 59.4 Å². The van der Waals surface area contributed by atoms with Crippen LogP contribution in [-0.2, 0) is 14.3 Å². The Balaban J connectivity index is 1.98. The Hall–Kier alpha value is -1.73. The third-order valence-electron chi connectivity index (χ3n) is 5.14. The molecule has 1 aromatic rings. The molecule has 1 heterocycles.